The third-order valence-electron chi connectivity index (χ3n) is 2.54. The minimum atomic E-state index is -0.948. The number of halogens is 2. The average molecular weight is 249 g/mol. The first kappa shape index (κ1) is 12.3. The first-order chi connectivity index (χ1) is 8.68. The van der Waals surface area contributed by atoms with Gasteiger partial charge in [-0.1, -0.05) is 6.07 Å². The van der Waals surface area contributed by atoms with Crippen LogP contribution >= 0.6 is 0 Å². The van der Waals surface area contributed by atoms with Gasteiger partial charge in [-0.3, -0.25) is 4.98 Å². The van der Waals surface area contributed by atoms with Crippen molar-refractivity contribution in [2.24, 2.45) is 0 Å². The number of aromatic nitrogens is 1. The Bertz CT molecular complexity index is 529. The largest absolute Gasteiger partial charge is 0.397 e. The van der Waals surface area contributed by atoms with E-state index in [-0.39, 0.29) is 11.4 Å². The summed E-state index contributed by atoms with van der Waals surface area (Å²) in [5.74, 6) is -1.86. The van der Waals surface area contributed by atoms with Crippen LogP contribution in [0, 0.1) is 11.6 Å². The molecule has 3 nitrogen and oxygen atoms in total. The predicted molar refractivity (Wildman–Crippen MR) is 67.2 cm³/mol. The smallest absolute Gasteiger partial charge is 0.183 e. The minimum Gasteiger partial charge on any atom is -0.397 e. The molecule has 0 aliphatic heterocycles. The molecule has 5 heteroatoms. The fraction of sp³-hybridized carbons (Fsp3) is 0.154. The molecule has 0 saturated carbocycles. The van der Waals surface area contributed by atoms with Crippen LogP contribution in [0.25, 0.3) is 0 Å². The fourth-order valence-electron chi connectivity index (χ4n) is 1.61. The monoisotopic (exact) mass is 249 g/mol. The highest BCUT2D eigenvalue weighted by Crippen LogP contribution is 2.24. The van der Waals surface area contributed by atoms with E-state index in [2.05, 4.69) is 10.3 Å². The van der Waals surface area contributed by atoms with E-state index in [1.165, 1.54) is 6.07 Å². The Morgan fingerprint density at radius 2 is 2.00 bits per heavy atom. The number of nitrogens with zero attached hydrogens (tertiary/aromatic N) is 1. The lowest BCUT2D eigenvalue weighted by atomic mass is 10.2. The molecule has 1 heterocycles. The van der Waals surface area contributed by atoms with Gasteiger partial charge in [-0.25, -0.2) is 8.78 Å². The summed E-state index contributed by atoms with van der Waals surface area (Å²) in [5, 5.41) is 2.79. The Balaban J connectivity index is 2.01. The summed E-state index contributed by atoms with van der Waals surface area (Å²) in [6.07, 6.45) is 2.29. The third kappa shape index (κ3) is 2.74. The molecule has 18 heavy (non-hydrogen) atoms. The molecule has 3 N–H and O–H groups in total. The van der Waals surface area contributed by atoms with Crippen molar-refractivity contribution in [3.05, 3.63) is 53.9 Å². The normalized spacial score (nSPS) is 10.3. The van der Waals surface area contributed by atoms with Crippen LogP contribution < -0.4 is 11.1 Å². The van der Waals surface area contributed by atoms with Crippen LogP contribution in [-0.4, -0.2) is 11.5 Å². The van der Waals surface area contributed by atoms with E-state index >= 15 is 0 Å². The summed E-state index contributed by atoms with van der Waals surface area (Å²) in [6, 6.07) is 7.91. The zero-order valence-electron chi connectivity index (χ0n) is 9.66. The number of rotatable bonds is 4. The van der Waals surface area contributed by atoms with Crippen LogP contribution in [0.15, 0.2) is 36.5 Å². The molecule has 0 radical (unpaired) electrons. The molecule has 0 aliphatic rings. The number of nitrogen functional groups attached to an aromatic ring is 1. The van der Waals surface area contributed by atoms with Crippen molar-refractivity contribution in [2.45, 2.75) is 6.42 Å². The van der Waals surface area contributed by atoms with Crippen LogP contribution in [-0.2, 0) is 6.42 Å². The van der Waals surface area contributed by atoms with E-state index in [9.17, 15) is 8.78 Å². The minimum absolute atomic E-state index is 0.00549. The second-order valence-corrected chi connectivity index (χ2v) is 3.82. The molecule has 0 amide bonds. The summed E-state index contributed by atoms with van der Waals surface area (Å²) in [6.45, 7) is 0.432. The number of anilines is 2. The van der Waals surface area contributed by atoms with Gasteiger partial charge in [-0.05, 0) is 24.3 Å². The number of nitrogens with one attached hydrogen (secondary N) is 1. The van der Waals surface area contributed by atoms with Gasteiger partial charge in [0.15, 0.2) is 11.6 Å². The lowest BCUT2D eigenvalue weighted by Gasteiger charge is -2.10. The maximum atomic E-state index is 13.5. The van der Waals surface area contributed by atoms with Crippen molar-refractivity contribution in [1.82, 2.24) is 4.98 Å². The van der Waals surface area contributed by atoms with Crippen LogP contribution in [0.3, 0.4) is 0 Å². The second-order valence-electron chi connectivity index (χ2n) is 3.82. The number of nitrogens with two attached hydrogens (primary N) is 1. The van der Waals surface area contributed by atoms with E-state index in [0.717, 1.165) is 11.8 Å². The topological polar surface area (TPSA) is 50.9 Å². The van der Waals surface area contributed by atoms with E-state index in [1.807, 2.05) is 18.2 Å². The Morgan fingerprint density at radius 1 is 1.17 bits per heavy atom. The van der Waals surface area contributed by atoms with E-state index < -0.39 is 11.6 Å². The third-order valence-corrected chi connectivity index (χ3v) is 2.54. The summed E-state index contributed by atoms with van der Waals surface area (Å²) >= 11 is 0. The first-order valence-electron chi connectivity index (χ1n) is 5.55. The number of benzene rings is 1. The van der Waals surface area contributed by atoms with Crippen molar-refractivity contribution in [2.75, 3.05) is 17.6 Å². The molecule has 0 bridgehead atoms. The SMILES string of the molecule is Nc1ccc(F)c(F)c1NCCc1ccccn1. The van der Waals surface area contributed by atoms with Gasteiger partial charge in [0.05, 0.1) is 11.4 Å². The highest BCUT2D eigenvalue weighted by Gasteiger charge is 2.11. The molecule has 0 spiro atoms. The van der Waals surface area contributed by atoms with E-state index in [4.69, 9.17) is 5.73 Å². The fourth-order valence-corrected chi connectivity index (χ4v) is 1.61. The van der Waals surface area contributed by atoms with Crippen LogP contribution in [0.2, 0.25) is 0 Å². The molecule has 0 saturated heterocycles. The van der Waals surface area contributed by atoms with Crippen LogP contribution in [0.4, 0.5) is 20.2 Å². The molecule has 0 aliphatic carbocycles. The summed E-state index contributed by atoms with van der Waals surface area (Å²) < 4.78 is 26.5. The van der Waals surface area contributed by atoms with E-state index in [0.29, 0.717) is 13.0 Å². The van der Waals surface area contributed by atoms with Gasteiger partial charge < -0.3 is 11.1 Å². The highest BCUT2D eigenvalue weighted by atomic mass is 19.2. The Kier molecular flexibility index (Phi) is 3.72. The van der Waals surface area contributed by atoms with Gasteiger partial charge in [-0.2, -0.15) is 0 Å². The molecule has 0 atom stereocenters. The van der Waals surface area contributed by atoms with Gasteiger partial charge in [0.1, 0.15) is 0 Å². The highest BCUT2D eigenvalue weighted by molar-refractivity contribution is 5.66. The van der Waals surface area contributed by atoms with Crippen molar-refractivity contribution in [1.29, 1.82) is 0 Å². The number of hydrogen-bond acceptors (Lipinski definition) is 3. The lowest BCUT2D eigenvalue weighted by Crippen LogP contribution is -2.10. The maximum absolute atomic E-state index is 13.5. The predicted octanol–water partition coefficient (Wildman–Crippen LogP) is 2.60. The van der Waals surface area contributed by atoms with Crippen molar-refractivity contribution in [3.8, 4) is 0 Å². The molecule has 1 aromatic heterocycles. The number of hydrogen-bond donors (Lipinski definition) is 2. The van der Waals surface area contributed by atoms with Crippen molar-refractivity contribution < 1.29 is 8.78 Å². The Labute approximate surface area is 104 Å². The Hall–Kier alpha value is -2.17. The van der Waals surface area contributed by atoms with Gasteiger partial charge in [0, 0.05) is 24.9 Å². The molecule has 94 valence electrons. The van der Waals surface area contributed by atoms with Crippen molar-refractivity contribution >= 4 is 11.4 Å². The molecular formula is C13H13F2N3. The molecule has 0 unspecified atom stereocenters. The second kappa shape index (κ2) is 5.44. The zero-order valence-corrected chi connectivity index (χ0v) is 9.66. The molecule has 0 fully saturated rings. The zero-order chi connectivity index (χ0) is 13.0. The molecule has 2 rings (SSSR count). The van der Waals surface area contributed by atoms with Gasteiger partial charge in [0.2, 0.25) is 0 Å². The molecule has 2 aromatic rings. The quantitative estimate of drug-likeness (QED) is 0.819. The maximum Gasteiger partial charge on any atom is 0.183 e. The van der Waals surface area contributed by atoms with Gasteiger partial charge in [0.25, 0.3) is 0 Å². The first-order valence-corrected chi connectivity index (χ1v) is 5.55. The summed E-state index contributed by atoms with van der Waals surface area (Å²) in [4.78, 5) is 4.13. The summed E-state index contributed by atoms with van der Waals surface area (Å²) in [7, 11) is 0. The average Bonchev–Trinajstić information content (AvgIpc) is 2.39. The van der Waals surface area contributed by atoms with Crippen molar-refractivity contribution in [3.63, 3.8) is 0 Å². The Morgan fingerprint density at radius 3 is 2.72 bits per heavy atom. The van der Waals surface area contributed by atoms with Gasteiger partial charge >= 0.3 is 0 Å². The van der Waals surface area contributed by atoms with Gasteiger partial charge in [-0.15, -0.1) is 0 Å². The van der Waals surface area contributed by atoms with E-state index in [1.54, 1.807) is 6.20 Å². The number of pyridine rings is 1. The molecule has 1 aromatic carbocycles. The summed E-state index contributed by atoms with van der Waals surface area (Å²) in [5.41, 5.74) is 6.66. The van der Waals surface area contributed by atoms with Crippen LogP contribution in [0.5, 0.6) is 0 Å². The van der Waals surface area contributed by atoms with Crippen LogP contribution in [0.1, 0.15) is 5.69 Å². The molecular weight excluding hydrogens is 236 g/mol. The lowest BCUT2D eigenvalue weighted by molar-refractivity contribution is 0.511. The standard InChI is InChI=1S/C13H13F2N3/c14-10-4-5-11(16)13(12(10)15)18-8-6-9-3-1-2-7-17-9/h1-5,7,18H,6,8,16H2.